The molecular formula is C25H30N6O4. The Bertz CT molecular complexity index is 1280. The molecule has 10 nitrogen and oxygen atoms in total. The molecule has 3 N–H and O–H groups in total. The van der Waals surface area contributed by atoms with Crippen LogP contribution in [-0.4, -0.2) is 62.1 Å². The first-order chi connectivity index (χ1) is 17.0. The molecule has 0 bridgehead atoms. The number of hydroxylamine groups is 1. The zero-order valence-corrected chi connectivity index (χ0v) is 19.7. The number of nitrogens with one attached hydrogen (secondary N) is 2. The van der Waals surface area contributed by atoms with E-state index in [1.807, 2.05) is 28.9 Å². The summed E-state index contributed by atoms with van der Waals surface area (Å²) in [6.45, 7) is 6.10. The zero-order chi connectivity index (χ0) is 24.4. The van der Waals surface area contributed by atoms with Gasteiger partial charge in [-0.2, -0.15) is 5.10 Å². The Hall–Kier alpha value is -3.34. The zero-order valence-electron chi connectivity index (χ0n) is 19.7. The summed E-state index contributed by atoms with van der Waals surface area (Å²) < 4.78 is 7.39. The number of hydrogen-bond donors (Lipinski definition) is 3. The van der Waals surface area contributed by atoms with Crippen molar-refractivity contribution in [2.24, 2.45) is 5.92 Å². The van der Waals surface area contributed by atoms with Crippen LogP contribution in [0, 0.1) is 5.92 Å². The number of ether oxygens (including phenoxy) is 1. The van der Waals surface area contributed by atoms with Crippen molar-refractivity contribution in [1.82, 2.24) is 30.1 Å². The van der Waals surface area contributed by atoms with E-state index in [0.29, 0.717) is 30.2 Å². The van der Waals surface area contributed by atoms with Gasteiger partial charge in [0, 0.05) is 44.8 Å². The maximum atomic E-state index is 12.8. The summed E-state index contributed by atoms with van der Waals surface area (Å²) in [5, 5.41) is 13.6. The molecule has 1 amide bonds. The van der Waals surface area contributed by atoms with E-state index in [1.54, 1.807) is 17.8 Å². The molecule has 2 aliphatic rings. The van der Waals surface area contributed by atoms with Crippen LogP contribution >= 0.6 is 0 Å². The summed E-state index contributed by atoms with van der Waals surface area (Å²) in [6, 6.07) is 8.16. The monoisotopic (exact) mass is 478 g/mol. The molecule has 10 heteroatoms. The van der Waals surface area contributed by atoms with Crippen molar-refractivity contribution in [3.63, 3.8) is 0 Å². The molecule has 5 rings (SSSR count). The van der Waals surface area contributed by atoms with Crippen LogP contribution in [0.2, 0.25) is 0 Å². The number of aromatic amines is 1. The van der Waals surface area contributed by atoms with Crippen molar-refractivity contribution in [1.29, 1.82) is 0 Å². The molecule has 3 aromatic rings. The van der Waals surface area contributed by atoms with Gasteiger partial charge in [0.15, 0.2) is 5.65 Å². The van der Waals surface area contributed by atoms with Crippen LogP contribution in [0.1, 0.15) is 48.7 Å². The highest BCUT2D eigenvalue weighted by atomic mass is 16.5. The summed E-state index contributed by atoms with van der Waals surface area (Å²) in [4.78, 5) is 34.3. The van der Waals surface area contributed by atoms with Crippen LogP contribution < -0.4 is 11.0 Å². The van der Waals surface area contributed by atoms with Crippen molar-refractivity contribution in [3.8, 4) is 0 Å². The largest absolute Gasteiger partial charge is 0.381 e. The first-order valence-corrected chi connectivity index (χ1v) is 12.0. The first kappa shape index (κ1) is 23.4. The fraction of sp³-hybridized carbons (Fsp3) is 0.440. The number of amides is 1. The number of aromatic nitrogens is 4. The van der Waals surface area contributed by atoms with Gasteiger partial charge in [-0.1, -0.05) is 31.2 Å². The van der Waals surface area contributed by atoms with Gasteiger partial charge >= 0.3 is 0 Å². The molecule has 2 saturated heterocycles. The number of carbonyl (C=O) groups excluding carboxylic acids is 1. The van der Waals surface area contributed by atoms with Gasteiger partial charge < -0.3 is 9.72 Å². The Labute approximate surface area is 202 Å². The summed E-state index contributed by atoms with van der Waals surface area (Å²) >= 11 is 0. The molecule has 0 radical (unpaired) electrons. The van der Waals surface area contributed by atoms with Crippen molar-refractivity contribution >= 4 is 23.0 Å². The molecule has 2 aromatic heterocycles. The number of benzene rings is 1. The Balaban J connectivity index is 1.31. The van der Waals surface area contributed by atoms with Crippen LogP contribution in [0.5, 0.6) is 0 Å². The summed E-state index contributed by atoms with van der Waals surface area (Å²) in [5.74, 6) is 0.638. The van der Waals surface area contributed by atoms with Crippen molar-refractivity contribution in [2.45, 2.75) is 38.3 Å². The molecule has 2 aliphatic heterocycles. The second kappa shape index (κ2) is 10.1. The number of carbonyl (C=O) groups is 1. The van der Waals surface area contributed by atoms with E-state index in [4.69, 9.17) is 14.9 Å². The molecule has 2 atom stereocenters. The average molecular weight is 479 g/mol. The SMILES string of the molecule is C[C@@H]1CN(Cc2ccc(/C=C/C(=O)NO)cc2)C[C@H]1c1nc2c(cnn2C2CCOCC2)c(=O)[nH]1. The Kier molecular flexibility index (Phi) is 6.76. The van der Waals surface area contributed by atoms with Crippen molar-refractivity contribution < 1.29 is 14.7 Å². The van der Waals surface area contributed by atoms with Gasteiger partial charge in [-0.3, -0.25) is 19.7 Å². The third-order valence-corrected chi connectivity index (χ3v) is 6.98. The minimum Gasteiger partial charge on any atom is -0.381 e. The predicted octanol–water partition coefficient (Wildman–Crippen LogP) is 2.23. The molecule has 0 unspecified atom stereocenters. The fourth-order valence-corrected chi connectivity index (χ4v) is 5.08. The van der Waals surface area contributed by atoms with Crippen molar-refractivity contribution in [3.05, 3.63) is 63.8 Å². The molecule has 1 aromatic carbocycles. The molecule has 35 heavy (non-hydrogen) atoms. The Morgan fingerprint density at radius 3 is 2.77 bits per heavy atom. The van der Waals surface area contributed by atoms with Crippen molar-refractivity contribution in [2.75, 3.05) is 26.3 Å². The van der Waals surface area contributed by atoms with Crippen LogP contribution in [0.25, 0.3) is 17.1 Å². The molecule has 0 spiro atoms. The standard InChI is InChI=1S/C25H30N6O4/c1-16-13-30(14-18-4-2-17(3-5-18)6-7-22(32)29-34)15-21(16)23-27-24-20(25(33)28-23)12-26-31(24)19-8-10-35-11-9-19/h2-7,12,16,19,21,34H,8-11,13-15H2,1H3,(H,29,32)(H,27,28,33)/b7-6+/t16-,21-/m1/s1. The molecule has 184 valence electrons. The highest BCUT2D eigenvalue weighted by molar-refractivity contribution is 5.90. The Morgan fingerprint density at radius 1 is 1.26 bits per heavy atom. The summed E-state index contributed by atoms with van der Waals surface area (Å²) in [5.41, 5.74) is 4.15. The average Bonchev–Trinajstić information content (AvgIpc) is 3.47. The minimum atomic E-state index is -0.563. The number of fused-ring (bicyclic) bond motifs is 1. The van der Waals surface area contributed by atoms with Gasteiger partial charge in [-0.25, -0.2) is 15.1 Å². The molecule has 0 aliphatic carbocycles. The van der Waals surface area contributed by atoms with E-state index < -0.39 is 5.91 Å². The predicted molar refractivity (Wildman–Crippen MR) is 130 cm³/mol. The first-order valence-electron chi connectivity index (χ1n) is 12.0. The lowest BCUT2D eigenvalue weighted by Crippen LogP contribution is -2.23. The lowest BCUT2D eigenvalue weighted by Gasteiger charge is -2.23. The number of likely N-dealkylation sites (tertiary alicyclic amines) is 1. The molecule has 4 heterocycles. The molecule has 0 saturated carbocycles. The molecular weight excluding hydrogens is 448 g/mol. The Morgan fingerprint density at radius 2 is 2.03 bits per heavy atom. The van der Waals surface area contributed by atoms with E-state index >= 15 is 0 Å². The van der Waals surface area contributed by atoms with E-state index in [2.05, 4.69) is 21.9 Å². The van der Waals surface area contributed by atoms with Gasteiger partial charge in [0.05, 0.1) is 12.2 Å². The number of hydrogen-bond acceptors (Lipinski definition) is 7. The fourth-order valence-electron chi connectivity index (χ4n) is 5.08. The quantitative estimate of drug-likeness (QED) is 0.282. The minimum absolute atomic E-state index is 0.129. The van der Waals surface area contributed by atoms with Crippen LogP contribution in [0.4, 0.5) is 0 Å². The smallest absolute Gasteiger partial charge is 0.267 e. The van der Waals surface area contributed by atoms with Crippen LogP contribution in [0.15, 0.2) is 41.3 Å². The van der Waals surface area contributed by atoms with Gasteiger partial charge in [0.1, 0.15) is 11.2 Å². The second-order valence-electron chi connectivity index (χ2n) is 9.45. The highest BCUT2D eigenvalue weighted by Gasteiger charge is 2.33. The lowest BCUT2D eigenvalue weighted by molar-refractivity contribution is -0.124. The van der Waals surface area contributed by atoms with Gasteiger partial charge in [-0.15, -0.1) is 0 Å². The van der Waals surface area contributed by atoms with E-state index in [-0.39, 0.29) is 17.5 Å². The van der Waals surface area contributed by atoms with E-state index in [1.165, 1.54) is 6.08 Å². The number of rotatable bonds is 6. The summed E-state index contributed by atoms with van der Waals surface area (Å²) in [6.07, 6.45) is 6.29. The number of nitrogens with zero attached hydrogens (tertiary/aromatic N) is 4. The van der Waals surface area contributed by atoms with E-state index in [0.717, 1.165) is 49.4 Å². The van der Waals surface area contributed by atoms with Crippen LogP contribution in [0.3, 0.4) is 0 Å². The van der Waals surface area contributed by atoms with Gasteiger partial charge in [-0.05, 0) is 36.0 Å². The summed E-state index contributed by atoms with van der Waals surface area (Å²) in [7, 11) is 0. The maximum Gasteiger partial charge on any atom is 0.267 e. The third kappa shape index (κ3) is 5.04. The van der Waals surface area contributed by atoms with E-state index in [9.17, 15) is 9.59 Å². The van der Waals surface area contributed by atoms with Gasteiger partial charge in [0.25, 0.3) is 11.5 Å². The second-order valence-corrected chi connectivity index (χ2v) is 9.45. The number of H-pyrrole nitrogens is 1. The third-order valence-electron chi connectivity index (χ3n) is 6.98. The topological polar surface area (TPSA) is 125 Å². The normalized spacial score (nSPS) is 21.8. The lowest BCUT2D eigenvalue weighted by atomic mass is 9.97. The van der Waals surface area contributed by atoms with Crippen LogP contribution in [-0.2, 0) is 16.1 Å². The van der Waals surface area contributed by atoms with Gasteiger partial charge in [0.2, 0.25) is 0 Å². The molecule has 2 fully saturated rings. The highest BCUT2D eigenvalue weighted by Crippen LogP contribution is 2.32. The maximum absolute atomic E-state index is 12.8.